The zero-order chi connectivity index (χ0) is 15.1. The van der Waals surface area contributed by atoms with Gasteiger partial charge in [0.25, 0.3) is 5.89 Å². The van der Waals surface area contributed by atoms with Gasteiger partial charge in [-0.25, -0.2) is 0 Å². The highest BCUT2D eigenvalue weighted by atomic mass is 16.5. The molecule has 1 aliphatic heterocycles. The van der Waals surface area contributed by atoms with E-state index in [1.807, 2.05) is 6.92 Å². The predicted octanol–water partition coefficient (Wildman–Crippen LogP) is 1.60. The van der Waals surface area contributed by atoms with Gasteiger partial charge in [-0.3, -0.25) is 4.90 Å². The number of hydrogen-bond acceptors (Lipinski definition) is 8. The number of ether oxygens (including phenoxy) is 1. The average molecular weight is 305 g/mol. The van der Waals surface area contributed by atoms with E-state index in [1.165, 1.54) is 12.8 Å². The molecule has 2 fully saturated rings. The van der Waals surface area contributed by atoms with Gasteiger partial charge in [0.05, 0.1) is 12.6 Å². The lowest BCUT2D eigenvalue weighted by Gasteiger charge is -2.34. The number of morpholine rings is 1. The molecule has 0 aromatic carbocycles. The highest BCUT2D eigenvalue weighted by Crippen LogP contribution is 2.38. The molecule has 4 rings (SSSR count). The number of aromatic nitrogens is 4. The fourth-order valence-electron chi connectivity index (χ4n) is 2.78. The highest BCUT2D eigenvalue weighted by molar-refractivity contribution is 5.03. The fraction of sp³-hybridized carbons (Fsp3) is 0.714. The Morgan fingerprint density at radius 1 is 1.14 bits per heavy atom. The summed E-state index contributed by atoms with van der Waals surface area (Å²) in [5.41, 5.74) is 0. The van der Waals surface area contributed by atoms with Gasteiger partial charge in [0, 0.05) is 19.0 Å². The van der Waals surface area contributed by atoms with Crippen molar-refractivity contribution in [1.82, 2.24) is 25.2 Å². The molecule has 0 spiro atoms. The average Bonchev–Trinajstić information content (AvgIpc) is 3.08. The second kappa shape index (κ2) is 5.44. The lowest BCUT2D eigenvalue weighted by molar-refractivity contribution is -0.0947. The van der Waals surface area contributed by atoms with Crippen LogP contribution in [0.4, 0.5) is 0 Å². The minimum atomic E-state index is -0.212. The van der Waals surface area contributed by atoms with Crippen LogP contribution < -0.4 is 0 Å². The number of nitrogens with zero attached hydrogens (tertiary/aromatic N) is 5. The van der Waals surface area contributed by atoms with Crippen LogP contribution in [0.3, 0.4) is 0 Å². The molecule has 1 saturated carbocycles. The Morgan fingerprint density at radius 2 is 2.00 bits per heavy atom. The van der Waals surface area contributed by atoms with Crippen LogP contribution in [0.15, 0.2) is 9.05 Å². The third kappa shape index (κ3) is 2.89. The van der Waals surface area contributed by atoms with E-state index in [9.17, 15) is 0 Å². The van der Waals surface area contributed by atoms with Crippen molar-refractivity contribution in [1.29, 1.82) is 0 Å². The van der Waals surface area contributed by atoms with Crippen LogP contribution in [-0.2, 0) is 11.3 Å². The summed E-state index contributed by atoms with van der Waals surface area (Å²) in [6.45, 7) is 5.94. The van der Waals surface area contributed by atoms with E-state index in [-0.39, 0.29) is 12.2 Å². The SMILES string of the molecule is Cc1noc([C@H]2CN(Cc3nc(C4CC4)no3)C[C@@H](C)O2)n1. The second-order valence-corrected chi connectivity index (χ2v) is 6.13. The summed E-state index contributed by atoms with van der Waals surface area (Å²) in [6.07, 6.45) is 2.21. The van der Waals surface area contributed by atoms with Crippen molar-refractivity contribution < 1.29 is 13.8 Å². The molecule has 8 heteroatoms. The first kappa shape index (κ1) is 13.8. The summed E-state index contributed by atoms with van der Waals surface area (Å²) >= 11 is 0. The first-order valence-electron chi connectivity index (χ1n) is 7.68. The third-order valence-corrected chi connectivity index (χ3v) is 3.94. The maximum absolute atomic E-state index is 5.90. The molecule has 0 N–H and O–H groups in total. The topological polar surface area (TPSA) is 90.3 Å². The quantitative estimate of drug-likeness (QED) is 0.841. The molecule has 2 aliphatic rings. The van der Waals surface area contributed by atoms with Crippen LogP contribution in [0.2, 0.25) is 0 Å². The maximum Gasteiger partial charge on any atom is 0.257 e. The van der Waals surface area contributed by atoms with Gasteiger partial charge in [0.2, 0.25) is 5.89 Å². The fourth-order valence-corrected chi connectivity index (χ4v) is 2.78. The third-order valence-electron chi connectivity index (χ3n) is 3.94. The van der Waals surface area contributed by atoms with Gasteiger partial charge >= 0.3 is 0 Å². The first-order valence-corrected chi connectivity index (χ1v) is 7.68. The normalized spacial score (nSPS) is 26.5. The summed E-state index contributed by atoms with van der Waals surface area (Å²) < 4.78 is 16.5. The van der Waals surface area contributed by atoms with Gasteiger partial charge < -0.3 is 13.8 Å². The summed E-state index contributed by atoms with van der Waals surface area (Å²) in [5, 5.41) is 7.89. The van der Waals surface area contributed by atoms with Crippen molar-refractivity contribution in [3.05, 3.63) is 23.4 Å². The molecule has 1 aliphatic carbocycles. The largest absolute Gasteiger partial charge is 0.363 e. The molecular weight excluding hydrogens is 286 g/mol. The molecule has 22 heavy (non-hydrogen) atoms. The maximum atomic E-state index is 5.90. The minimum Gasteiger partial charge on any atom is -0.363 e. The molecule has 2 aromatic heterocycles. The lowest BCUT2D eigenvalue weighted by atomic mass is 10.2. The molecule has 0 radical (unpaired) electrons. The Labute approximate surface area is 127 Å². The molecule has 3 heterocycles. The van der Waals surface area contributed by atoms with E-state index in [1.54, 1.807) is 6.92 Å². The van der Waals surface area contributed by atoms with E-state index >= 15 is 0 Å². The van der Waals surface area contributed by atoms with E-state index in [4.69, 9.17) is 13.8 Å². The van der Waals surface area contributed by atoms with Gasteiger partial charge in [0.15, 0.2) is 11.6 Å². The van der Waals surface area contributed by atoms with Crippen molar-refractivity contribution in [2.75, 3.05) is 13.1 Å². The predicted molar refractivity (Wildman–Crippen MR) is 73.9 cm³/mol. The standard InChI is InChI=1S/C14H19N5O3/c1-8-5-19(6-11(20-8)14-15-9(2)17-22-14)7-12-16-13(18-21-12)10-3-4-10/h8,10-11H,3-7H2,1-2H3/t8-,11-/m1/s1. The molecule has 118 valence electrons. The van der Waals surface area contributed by atoms with Crippen molar-refractivity contribution in [3.8, 4) is 0 Å². The summed E-state index contributed by atoms with van der Waals surface area (Å²) in [7, 11) is 0. The molecule has 0 bridgehead atoms. The number of aryl methyl sites for hydroxylation is 1. The van der Waals surface area contributed by atoms with E-state index in [2.05, 4.69) is 25.2 Å². The summed E-state index contributed by atoms with van der Waals surface area (Å²) in [6, 6.07) is 0. The van der Waals surface area contributed by atoms with Crippen molar-refractivity contribution in [3.63, 3.8) is 0 Å². The Bertz CT molecular complexity index is 650. The van der Waals surface area contributed by atoms with Gasteiger partial charge in [-0.2, -0.15) is 9.97 Å². The smallest absolute Gasteiger partial charge is 0.257 e. The van der Waals surface area contributed by atoms with Gasteiger partial charge in [-0.1, -0.05) is 10.3 Å². The molecule has 0 amide bonds. The van der Waals surface area contributed by atoms with Crippen molar-refractivity contribution in [2.24, 2.45) is 0 Å². The molecule has 2 aromatic rings. The minimum absolute atomic E-state index is 0.0804. The highest BCUT2D eigenvalue weighted by Gasteiger charge is 2.32. The molecule has 0 unspecified atom stereocenters. The van der Waals surface area contributed by atoms with Crippen molar-refractivity contribution in [2.45, 2.75) is 51.4 Å². The Hall–Kier alpha value is -1.80. The van der Waals surface area contributed by atoms with Crippen LogP contribution in [0.1, 0.15) is 55.2 Å². The second-order valence-electron chi connectivity index (χ2n) is 6.13. The Kier molecular flexibility index (Phi) is 3.42. The monoisotopic (exact) mass is 305 g/mol. The molecule has 2 atom stereocenters. The molecule has 1 saturated heterocycles. The zero-order valence-electron chi connectivity index (χ0n) is 12.7. The molecular formula is C14H19N5O3. The summed E-state index contributed by atoms with van der Waals surface area (Å²) in [4.78, 5) is 11.0. The van der Waals surface area contributed by atoms with Gasteiger partial charge in [0.1, 0.15) is 6.10 Å². The summed E-state index contributed by atoms with van der Waals surface area (Å²) in [5.74, 6) is 3.17. The first-order chi connectivity index (χ1) is 10.7. The molecule has 8 nitrogen and oxygen atoms in total. The van der Waals surface area contributed by atoms with Crippen LogP contribution >= 0.6 is 0 Å². The van der Waals surface area contributed by atoms with Crippen molar-refractivity contribution >= 4 is 0 Å². The number of rotatable bonds is 4. The Morgan fingerprint density at radius 3 is 2.73 bits per heavy atom. The van der Waals surface area contributed by atoms with E-state index in [0.717, 1.165) is 12.4 Å². The van der Waals surface area contributed by atoms with E-state index < -0.39 is 0 Å². The van der Waals surface area contributed by atoms with Crippen LogP contribution in [0.25, 0.3) is 0 Å². The van der Waals surface area contributed by atoms with Crippen LogP contribution in [0, 0.1) is 6.92 Å². The van der Waals surface area contributed by atoms with Gasteiger partial charge in [-0.15, -0.1) is 0 Å². The van der Waals surface area contributed by atoms with Crippen LogP contribution in [0.5, 0.6) is 0 Å². The Balaban J connectivity index is 1.44. The van der Waals surface area contributed by atoms with Gasteiger partial charge in [-0.05, 0) is 26.7 Å². The van der Waals surface area contributed by atoms with E-state index in [0.29, 0.717) is 36.6 Å². The number of hydrogen-bond donors (Lipinski definition) is 0. The zero-order valence-corrected chi connectivity index (χ0v) is 12.7. The lowest BCUT2D eigenvalue weighted by Crippen LogP contribution is -2.42. The van der Waals surface area contributed by atoms with Crippen LogP contribution in [-0.4, -0.2) is 44.4 Å².